The van der Waals surface area contributed by atoms with Crippen LogP contribution < -0.4 is 10.3 Å². The lowest BCUT2D eigenvalue weighted by atomic mass is 10.0. The molecule has 1 aromatic carbocycles. The zero-order valence-corrected chi connectivity index (χ0v) is 15.0. The highest BCUT2D eigenvalue weighted by Gasteiger charge is 2.29. The van der Waals surface area contributed by atoms with Gasteiger partial charge in [-0.25, -0.2) is 4.39 Å². The van der Waals surface area contributed by atoms with Crippen LogP contribution in [0.4, 0.5) is 17.6 Å². The number of alkyl halides is 3. The van der Waals surface area contributed by atoms with Gasteiger partial charge in [0.15, 0.2) is 11.6 Å². The van der Waals surface area contributed by atoms with E-state index in [1.807, 2.05) is 6.92 Å². The molecule has 0 atom stereocenters. The Labute approximate surface area is 154 Å². The number of piperidine rings is 1. The monoisotopic (exact) mass is 386 g/mol. The zero-order chi connectivity index (χ0) is 19.6. The number of aromatic nitrogens is 1. The smallest absolute Gasteiger partial charge is 0.390 e. The van der Waals surface area contributed by atoms with Gasteiger partial charge < -0.3 is 14.6 Å². The fraction of sp³-hybridized carbons (Fsp3) is 0.526. The topological polar surface area (TPSA) is 45.3 Å². The Balaban J connectivity index is 1.69. The number of H-pyrrole nitrogens is 1. The van der Waals surface area contributed by atoms with Gasteiger partial charge >= 0.3 is 6.18 Å². The van der Waals surface area contributed by atoms with Crippen molar-refractivity contribution in [1.82, 2.24) is 9.88 Å². The van der Waals surface area contributed by atoms with E-state index in [0.29, 0.717) is 37.7 Å². The average molecular weight is 386 g/mol. The molecule has 1 saturated heterocycles. The number of aryl methyl sites for hydroxylation is 1. The lowest BCUT2D eigenvalue weighted by Crippen LogP contribution is -2.39. The number of likely N-dealkylation sites (tertiary alicyclic amines) is 1. The lowest BCUT2D eigenvalue weighted by molar-refractivity contribution is -0.138. The Morgan fingerprint density at radius 3 is 2.56 bits per heavy atom. The summed E-state index contributed by atoms with van der Waals surface area (Å²) < 4.78 is 57.2. The van der Waals surface area contributed by atoms with Gasteiger partial charge in [0.1, 0.15) is 6.10 Å². The molecule has 0 spiro atoms. The number of hydrogen-bond acceptors (Lipinski definition) is 3. The third-order valence-corrected chi connectivity index (χ3v) is 4.96. The predicted octanol–water partition coefficient (Wildman–Crippen LogP) is 4.03. The largest absolute Gasteiger partial charge is 0.487 e. The van der Waals surface area contributed by atoms with Crippen molar-refractivity contribution >= 4 is 10.8 Å². The van der Waals surface area contributed by atoms with Gasteiger partial charge in [-0.3, -0.25) is 4.79 Å². The van der Waals surface area contributed by atoms with Crippen molar-refractivity contribution in [2.45, 2.75) is 44.9 Å². The minimum atomic E-state index is -4.16. The molecule has 0 amide bonds. The van der Waals surface area contributed by atoms with Crippen LogP contribution >= 0.6 is 0 Å². The maximum Gasteiger partial charge on any atom is 0.390 e. The van der Waals surface area contributed by atoms with Gasteiger partial charge in [-0.05, 0) is 42.3 Å². The van der Waals surface area contributed by atoms with Crippen molar-refractivity contribution in [3.8, 4) is 5.75 Å². The quantitative estimate of drug-likeness (QED) is 0.790. The highest BCUT2D eigenvalue weighted by atomic mass is 19.4. The summed E-state index contributed by atoms with van der Waals surface area (Å²) in [5.41, 5.74) is 0.530. The second kappa shape index (κ2) is 7.88. The highest BCUT2D eigenvalue weighted by Crippen LogP contribution is 2.28. The molecule has 8 heteroatoms. The number of hydrogen-bond donors (Lipinski definition) is 1. The van der Waals surface area contributed by atoms with Crippen molar-refractivity contribution < 1.29 is 22.3 Å². The first-order valence-electron chi connectivity index (χ1n) is 9.06. The number of aromatic amines is 1. The summed E-state index contributed by atoms with van der Waals surface area (Å²) in [6, 6.07) is 2.73. The fourth-order valence-corrected chi connectivity index (χ4v) is 3.41. The van der Waals surface area contributed by atoms with Crippen LogP contribution in [0.2, 0.25) is 0 Å². The summed E-state index contributed by atoms with van der Waals surface area (Å²) in [7, 11) is 0. The molecular weight excluding hydrogens is 364 g/mol. The van der Waals surface area contributed by atoms with Gasteiger partial charge in [0, 0.05) is 25.8 Å². The van der Waals surface area contributed by atoms with Gasteiger partial charge in [-0.1, -0.05) is 6.92 Å². The Kier molecular flexibility index (Phi) is 5.74. The van der Waals surface area contributed by atoms with E-state index in [1.165, 1.54) is 6.07 Å². The SMILES string of the molecule is CCc1c[nH]c(=O)c2cc(F)c(OC3CCN(CCC(F)(F)F)CC3)cc12. The molecule has 0 aliphatic carbocycles. The molecule has 1 N–H and O–H groups in total. The second-order valence-electron chi connectivity index (χ2n) is 6.85. The van der Waals surface area contributed by atoms with Crippen LogP contribution in [0.15, 0.2) is 23.1 Å². The molecule has 1 aromatic heterocycles. The number of nitrogens with zero attached hydrogens (tertiary/aromatic N) is 1. The van der Waals surface area contributed by atoms with E-state index in [4.69, 9.17) is 4.74 Å². The Morgan fingerprint density at radius 2 is 1.93 bits per heavy atom. The summed E-state index contributed by atoms with van der Waals surface area (Å²) >= 11 is 0. The van der Waals surface area contributed by atoms with E-state index < -0.39 is 18.4 Å². The van der Waals surface area contributed by atoms with Crippen LogP contribution in [-0.2, 0) is 6.42 Å². The number of nitrogens with one attached hydrogen (secondary N) is 1. The summed E-state index contributed by atoms with van der Waals surface area (Å²) in [5.74, 6) is -0.530. The molecule has 0 bridgehead atoms. The van der Waals surface area contributed by atoms with Crippen LogP contribution in [0.5, 0.6) is 5.75 Å². The molecule has 0 radical (unpaired) electrons. The van der Waals surface area contributed by atoms with Gasteiger partial charge in [-0.2, -0.15) is 13.2 Å². The summed E-state index contributed by atoms with van der Waals surface area (Å²) in [4.78, 5) is 16.3. The summed E-state index contributed by atoms with van der Waals surface area (Å²) in [5, 5.41) is 0.932. The summed E-state index contributed by atoms with van der Waals surface area (Å²) in [6.45, 7) is 2.88. The standard InChI is InChI=1S/C19H22F4N2O2/c1-2-12-11-24-18(26)15-9-16(20)17(10-14(12)15)27-13-3-6-25(7-4-13)8-5-19(21,22)23/h9-11,13H,2-8H2,1H3,(H,24,26). The Bertz CT molecular complexity index is 855. The number of rotatable bonds is 5. The normalized spacial score (nSPS) is 16.8. The Morgan fingerprint density at radius 1 is 1.22 bits per heavy atom. The molecule has 27 heavy (non-hydrogen) atoms. The van der Waals surface area contributed by atoms with Gasteiger partial charge in [0.2, 0.25) is 0 Å². The van der Waals surface area contributed by atoms with Crippen molar-refractivity contribution in [1.29, 1.82) is 0 Å². The minimum absolute atomic E-state index is 0.0246. The lowest BCUT2D eigenvalue weighted by Gasteiger charge is -2.32. The number of ether oxygens (including phenoxy) is 1. The number of benzene rings is 1. The zero-order valence-electron chi connectivity index (χ0n) is 15.0. The number of halogens is 4. The van der Waals surface area contributed by atoms with Gasteiger partial charge in [-0.15, -0.1) is 0 Å². The van der Waals surface area contributed by atoms with Gasteiger partial charge in [0.25, 0.3) is 5.56 Å². The van der Waals surface area contributed by atoms with Crippen molar-refractivity contribution in [2.24, 2.45) is 0 Å². The van der Waals surface area contributed by atoms with Crippen molar-refractivity contribution in [3.05, 3.63) is 40.1 Å². The highest BCUT2D eigenvalue weighted by molar-refractivity contribution is 5.86. The third-order valence-electron chi connectivity index (χ3n) is 4.96. The summed E-state index contributed by atoms with van der Waals surface area (Å²) in [6.07, 6.45) is -1.88. The first-order valence-corrected chi connectivity index (χ1v) is 9.06. The second-order valence-corrected chi connectivity index (χ2v) is 6.85. The minimum Gasteiger partial charge on any atom is -0.487 e. The molecule has 3 rings (SSSR count). The first-order chi connectivity index (χ1) is 12.8. The average Bonchev–Trinajstić information content (AvgIpc) is 2.62. The molecule has 4 nitrogen and oxygen atoms in total. The van der Waals surface area contributed by atoms with Crippen LogP contribution in [0, 0.1) is 5.82 Å². The number of fused-ring (bicyclic) bond motifs is 1. The van der Waals surface area contributed by atoms with Crippen LogP contribution in [0.1, 0.15) is 31.7 Å². The van der Waals surface area contributed by atoms with E-state index >= 15 is 0 Å². The molecular formula is C19H22F4N2O2. The van der Waals surface area contributed by atoms with Crippen LogP contribution in [-0.4, -0.2) is 41.8 Å². The first kappa shape index (κ1) is 19.7. The number of pyridine rings is 1. The van der Waals surface area contributed by atoms with Crippen molar-refractivity contribution in [3.63, 3.8) is 0 Å². The molecule has 2 aromatic rings. The molecule has 0 unspecified atom stereocenters. The fourth-order valence-electron chi connectivity index (χ4n) is 3.41. The van der Waals surface area contributed by atoms with E-state index in [-0.39, 0.29) is 29.3 Å². The molecule has 2 heterocycles. The van der Waals surface area contributed by atoms with E-state index in [1.54, 1.807) is 17.2 Å². The van der Waals surface area contributed by atoms with Gasteiger partial charge in [0.05, 0.1) is 11.8 Å². The molecule has 0 saturated carbocycles. The van der Waals surface area contributed by atoms with Crippen LogP contribution in [0.25, 0.3) is 10.8 Å². The van der Waals surface area contributed by atoms with E-state index in [9.17, 15) is 22.4 Å². The predicted molar refractivity (Wildman–Crippen MR) is 94.7 cm³/mol. The molecule has 148 valence electrons. The maximum absolute atomic E-state index is 14.4. The van der Waals surface area contributed by atoms with Crippen LogP contribution in [0.3, 0.4) is 0 Å². The van der Waals surface area contributed by atoms with E-state index in [2.05, 4.69) is 4.98 Å². The third kappa shape index (κ3) is 4.80. The molecule has 1 aliphatic rings. The molecule has 1 aliphatic heterocycles. The maximum atomic E-state index is 14.4. The molecule has 1 fully saturated rings. The van der Waals surface area contributed by atoms with E-state index in [0.717, 1.165) is 5.56 Å². The Hall–Kier alpha value is -2.09. The van der Waals surface area contributed by atoms with Crippen molar-refractivity contribution in [2.75, 3.05) is 19.6 Å².